The molecule has 0 saturated carbocycles. The van der Waals surface area contributed by atoms with Gasteiger partial charge in [-0.25, -0.2) is 9.37 Å². The Balaban J connectivity index is 1.77. The average molecular weight is 316 g/mol. The molecule has 1 aromatic heterocycles. The quantitative estimate of drug-likeness (QED) is 0.924. The number of halogens is 2. The number of hydrogen-bond acceptors (Lipinski definition) is 3. The molecule has 0 atom stereocenters. The van der Waals surface area contributed by atoms with E-state index >= 15 is 0 Å². The lowest BCUT2D eigenvalue weighted by Gasteiger charge is -2.19. The monoisotopic (exact) mass is 315 g/mol. The maximum absolute atomic E-state index is 13.5. The fraction of sp³-hybridized carbons (Fsp3) is 0.615. The van der Waals surface area contributed by atoms with Crippen molar-refractivity contribution >= 4 is 21.7 Å². The Hall–Kier alpha value is -0.680. The van der Waals surface area contributed by atoms with E-state index in [0.29, 0.717) is 10.3 Å². The molecule has 0 aliphatic carbocycles. The van der Waals surface area contributed by atoms with Crippen LogP contribution in [0, 0.1) is 5.82 Å². The van der Waals surface area contributed by atoms with Crippen molar-refractivity contribution in [3.8, 4) is 0 Å². The number of likely N-dealkylation sites (tertiary alicyclic amines) is 1. The van der Waals surface area contributed by atoms with Crippen molar-refractivity contribution in [3.05, 3.63) is 22.6 Å². The molecule has 0 bridgehead atoms. The molecule has 0 unspecified atom stereocenters. The Morgan fingerprint density at radius 1 is 1.28 bits per heavy atom. The lowest BCUT2D eigenvalue weighted by Crippen LogP contribution is -2.30. The van der Waals surface area contributed by atoms with Gasteiger partial charge < -0.3 is 10.2 Å². The molecule has 2 heterocycles. The average Bonchev–Trinajstić information content (AvgIpc) is 2.60. The molecule has 1 aromatic rings. The van der Waals surface area contributed by atoms with E-state index in [0.717, 1.165) is 26.2 Å². The van der Waals surface area contributed by atoms with Crippen molar-refractivity contribution in [3.63, 3.8) is 0 Å². The van der Waals surface area contributed by atoms with Crippen molar-refractivity contribution in [1.82, 2.24) is 9.88 Å². The van der Waals surface area contributed by atoms with Crippen LogP contribution in [0.3, 0.4) is 0 Å². The molecule has 0 spiro atoms. The van der Waals surface area contributed by atoms with E-state index in [9.17, 15) is 4.39 Å². The summed E-state index contributed by atoms with van der Waals surface area (Å²) in [4.78, 5) is 6.47. The summed E-state index contributed by atoms with van der Waals surface area (Å²) in [6, 6.07) is 1.43. The van der Waals surface area contributed by atoms with E-state index < -0.39 is 0 Å². The third-order valence-electron chi connectivity index (χ3n) is 3.23. The predicted octanol–water partition coefficient (Wildman–Crippen LogP) is 3.27. The van der Waals surface area contributed by atoms with Crippen LogP contribution < -0.4 is 5.32 Å². The van der Waals surface area contributed by atoms with E-state index in [1.165, 1.54) is 31.7 Å². The third kappa shape index (κ3) is 4.21. The first kappa shape index (κ1) is 13.7. The second-order valence-corrected chi connectivity index (χ2v) is 5.58. The summed E-state index contributed by atoms with van der Waals surface area (Å²) in [6.07, 6.45) is 6.85. The van der Waals surface area contributed by atoms with Gasteiger partial charge in [-0.1, -0.05) is 12.8 Å². The van der Waals surface area contributed by atoms with E-state index in [1.807, 2.05) is 0 Å². The van der Waals surface area contributed by atoms with E-state index in [4.69, 9.17) is 0 Å². The van der Waals surface area contributed by atoms with Crippen LogP contribution in [-0.4, -0.2) is 36.1 Å². The highest BCUT2D eigenvalue weighted by molar-refractivity contribution is 9.10. The van der Waals surface area contributed by atoms with Gasteiger partial charge in [-0.2, -0.15) is 0 Å². The van der Waals surface area contributed by atoms with Crippen molar-refractivity contribution in [1.29, 1.82) is 0 Å². The normalized spacial score (nSPS) is 17.4. The highest BCUT2D eigenvalue weighted by Crippen LogP contribution is 2.16. The van der Waals surface area contributed by atoms with E-state index in [2.05, 4.69) is 31.1 Å². The molecule has 1 N–H and O–H groups in total. The van der Waals surface area contributed by atoms with Gasteiger partial charge in [0, 0.05) is 23.8 Å². The molecular weight excluding hydrogens is 297 g/mol. The molecule has 1 aliphatic rings. The molecule has 1 aliphatic heterocycles. The summed E-state index contributed by atoms with van der Waals surface area (Å²) in [7, 11) is 0. The predicted molar refractivity (Wildman–Crippen MR) is 75.3 cm³/mol. The summed E-state index contributed by atoms with van der Waals surface area (Å²) < 4.78 is 14.2. The SMILES string of the molecule is Fc1cc(Br)cnc1NCCN1CCCCCC1. The fourth-order valence-electron chi connectivity index (χ4n) is 2.24. The van der Waals surface area contributed by atoms with Crippen LogP contribution in [0.2, 0.25) is 0 Å². The van der Waals surface area contributed by atoms with E-state index in [1.54, 1.807) is 6.20 Å². The maximum atomic E-state index is 13.5. The van der Waals surface area contributed by atoms with Crippen molar-refractivity contribution in [2.45, 2.75) is 25.7 Å². The zero-order valence-electron chi connectivity index (χ0n) is 10.5. The number of nitrogens with one attached hydrogen (secondary N) is 1. The summed E-state index contributed by atoms with van der Waals surface area (Å²) in [5.74, 6) is 0.0354. The topological polar surface area (TPSA) is 28.2 Å². The van der Waals surface area contributed by atoms with Gasteiger partial charge in [-0.15, -0.1) is 0 Å². The summed E-state index contributed by atoms with van der Waals surface area (Å²) >= 11 is 3.20. The van der Waals surface area contributed by atoms with Gasteiger partial charge in [0.05, 0.1) is 0 Å². The maximum Gasteiger partial charge on any atom is 0.166 e. The lowest BCUT2D eigenvalue weighted by atomic mass is 10.2. The van der Waals surface area contributed by atoms with Crippen LogP contribution >= 0.6 is 15.9 Å². The molecule has 3 nitrogen and oxygen atoms in total. The van der Waals surface area contributed by atoms with Gasteiger partial charge in [0.1, 0.15) is 0 Å². The van der Waals surface area contributed by atoms with Gasteiger partial charge >= 0.3 is 0 Å². The van der Waals surface area contributed by atoms with Crippen LogP contribution in [0.1, 0.15) is 25.7 Å². The van der Waals surface area contributed by atoms with Gasteiger partial charge in [0.15, 0.2) is 11.6 Å². The number of rotatable bonds is 4. The zero-order valence-corrected chi connectivity index (χ0v) is 12.0. The first-order valence-corrected chi connectivity index (χ1v) is 7.32. The van der Waals surface area contributed by atoms with Crippen LogP contribution in [0.5, 0.6) is 0 Å². The van der Waals surface area contributed by atoms with Crippen molar-refractivity contribution in [2.24, 2.45) is 0 Å². The Kier molecular flexibility index (Phi) is 5.38. The number of nitrogens with zero attached hydrogens (tertiary/aromatic N) is 2. The number of hydrogen-bond donors (Lipinski definition) is 1. The van der Waals surface area contributed by atoms with Gasteiger partial charge in [0.25, 0.3) is 0 Å². The highest BCUT2D eigenvalue weighted by atomic mass is 79.9. The minimum Gasteiger partial charge on any atom is -0.366 e. The van der Waals surface area contributed by atoms with E-state index in [-0.39, 0.29) is 5.82 Å². The third-order valence-corrected chi connectivity index (χ3v) is 3.66. The molecular formula is C13H19BrFN3. The molecule has 18 heavy (non-hydrogen) atoms. The molecule has 1 fully saturated rings. The largest absolute Gasteiger partial charge is 0.366 e. The number of pyridine rings is 1. The first-order valence-electron chi connectivity index (χ1n) is 6.53. The minimum absolute atomic E-state index is 0.305. The second-order valence-electron chi connectivity index (χ2n) is 4.67. The van der Waals surface area contributed by atoms with Gasteiger partial charge in [0.2, 0.25) is 0 Å². The number of aromatic nitrogens is 1. The van der Waals surface area contributed by atoms with Crippen LogP contribution in [0.25, 0.3) is 0 Å². The molecule has 1 saturated heterocycles. The second kappa shape index (κ2) is 7.04. The molecule has 0 aromatic carbocycles. The lowest BCUT2D eigenvalue weighted by molar-refractivity contribution is 0.296. The minimum atomic E-state index is -0.305. The van der Waals surface area contributed by atoms with Gasteiger partial charge in [-0.05, 0) is 47.9 Å². The molecule has 0 radical (unpaired) electrons. The van der Waals surface area contributed by atoms with Crippen molar-refractivity contribution in [2.75, 3.05) is 31.5 Å². The fourth-order valence-corrected chi connectivity index (χ4v) is 2.54. The Labute approximate surface area is 116 Å². The van der Waals surface area contributed by atoms with Gasteiger partial charge in [-0.3, -0.25) is 0 Å². The zero-order chi connectivity index (χ0) is 12.8. The Bertz CT molecular complexity index is 378. The van der Waals surface area contributed by atoms with Crippen LogP contribution in [0.15, 0.2) is 16.7 Å². The molecule has 100 valence electrons. The molecule has 2 rings (SSSR count). The molecule has 5 heteroatoms. The first-order chi connectivity index (χ1) is 8.75. The van der Waals surface area contributed by atoms with Crippen LogP contribution in [0.4, 0.5) is 10.2 Å². The Morgan fingerprint density at radius 3 is 2.67 bits per heavy atom. The number of anilines is 1. The summed E-state index contributed by atoms with van der Waals surface area (Å²) in [5.41, 5.74) is 0. The smallest absolute Gasteiger partial charge is 0.166 e. The summed E-state index contributed by atoms with van der Waals surface area (Å²) in [6.45, 7) is 4.03. The summed E-state index contributed by atoms with van der Waals surface area (Å²) in [5, 5.41) is 3.06. The molecule has 0 amide bonds. The van der Waals surface area contributed by atoms with Crippen molar-refractivity contribution < 1.29 is 4.39 Å². The standard InChI is InChI=1S/C13H19BrFN3/c14-11-9-12(15)13(17-10-11)16-5-8-18-6-3-1-2-4-7-18/h9-10H,1-8H2,(H,16,17). The Morgan fingerprint density at radius 2 is 2.00 bits per heavy atom. The van der Waals surface area contributed by atoms with Crippen LogP contribution in [-0.2, 0) is 0 Å². The highest BCUT2D eigenvalue weighted by Gasteiger charge is 2.09.